The van der Waals surface area contributed by atoms with Crippen molar-refractivity contribution in [3.63, 3.8) is 0 Å². The predicted molar refractivity (Wildman–Crippen MR) is 104 cm³/mol. The van der Waals surface area contributed by atoms with Crippen molar-refractivity contribution in [2.45, 2.75) is 10.8 Å². The molecule has 0 atom stereocenters. The van der Waals surface area contributed by atoms with Crippen LogP contribution >= 0.6 is 34.4 Å². The third-order valence-electron chi connectivity index (χ3n) is 3.82. The van der Waals surface area contributed by atoms with E-state index in [1.165, 1.54) is 11.3 Å². The van der Waals surface area contributed by atoms with Gasteiger partial charge in [0, 0.05) is 11.8 Å². The van der Waals surface area contributed by atoms with E-state index in [1.54, 1.807) is 39.9 Å². The van der Waals surface area contributed by atoms with Crippen LogP contribution in [-0.4, -0.2) is 19.4 Å². The normalized spacial score (nSPS) is 11.7. The molecular formula is C17H10N4OS3. The van der Waals surface area contributed by atoms with Gasteiger partial charge < -0.3 is 0 Å². The minimum absolute atomic E-state index is 0.0398. The highest BCUT2D eigenvalue weighted by Gasteiger charge is 2.11. The molecule has 0 unspecified atom stereocenters. The van der Waals surface area contributed by atoms with E-state index in [0.717, 1.165) is 36.1 Å². The number of hydrogen-bond donors (Lipinski definition) is 0. The van der Waals surface area contributed by atoms with Crippen LogP contribution in [-0.2, 0) is 5.75 Å². The lowest BCUT2D eigenvalue weighted by Crippen LogP contribution is -2.13. The SMILES string of the molecule is O=c1cc(CSc2ncnc3ccsc23)nc2sc3ccccc3n12. The van der Waals surface area contributed by atoms with Crippen molar-refractivity contribution < 1.29 is 0 Å². The van der Waals surface area contributed by atoms with Crippen LogP contribution in [0.4, 0.5) is 0 Å². The Balaban J connectivity index is 1.54. The summed E-state index contributed by atoms with van der Waals surface area (Å²) in [4.78, 5) is 26.6. The summed E-state index contributed by atoms with van der Waals surface area (Å²) in [6, 6.07) is 11.5. The van der Waals surface area contributed by atoms with Gasteiger partial charge in [-0.05, 0) is 23.6 Å². The van der Waals surface area contributed by atoms with E-state index in [-0.39, 0.29) is 5.56 Å². The molecule has 0 aliphatic rings. The number of rotatable bonds is 3. The summed E-state index contributed by atoms with van der Waals surface area (Å²) in [6.07, 6.45) is 1.58. The summed E-state index contributed by atoms with van der Waals surface area (Å²) in [5.41, 5.74) is 2.60. The highest BCUT2D eigenvalue weighted by atomic mass is 32.2. The molecule has 0 spiro atoms. The molecule has 0 aliphatic heterocycles. The zero-order valence-electron chi connectivity index (χ0n) is 12.7. The molecule has 0 radical (unpaired) electrons. The third-order valence-corrected chi connectivity index (χ3v) is 6.90. The van der Waals surface area contributed by atoms with Gasteiger partial charge in [-0.25, -0.2) is 15.0 Å². The van der Waals surface area contributed by atoms with E-state index in [4.69, 9.17) is 0 Å². The highest BCUT2D eigenvalue weighted by Crippen LogP contribution is 2.31. The molecule has 4 aromatic heterocycles. The quantitative estimate of drug-likeness (QED) is 0.346. The Morgan fingerprint density at radius 3 is 3.04 bits per heavy atom. The number of fused-ring (bicyclic) bond motifs is 4. The van der Waals surface area contributed by atoms with Crippen LogP contribution in [0.25, 0.3) is 25.4 Å². The molecule has 0 bridgehead atoms. The molecule has 5 nitrogen and oxygen atoms in total. The first-order chi connectivity index (χ1) is 12.3. The Kier molecular flexibility index (Phi) is 3.54. The Hall–Kier alpha value is -2.29. The lowest BCUT2D eigenvalue weighted by atomic mass is 10.3. The zero-order chi connectivity index (χ0) is 16.8. The van der Waals surface area contributed by atoms with E-state index < -0.39 is 0 Å². The van der Waals surface area contributed by atoms with Gasteiger partial charge in [0.25, 0.3) is 5.56 Å². The van der Waals surface area contributed by atoms with Gasteiger partial charge in [-0.1, -0.05) is 35.2 Å². The van der Waals surface area contributed by atoms with Gasteiger partial charge in [-0.3, -0.25) is 9.20 Å². The van der Waals surface area contributed by atoms with Crippen molar-refractivity contribution >= 4 is 59.8 Å². The largest absolute Gasteiger partial charge is 0.269 e. The van der Waals surface area contributed by atoms with Gasteiger partial charge in [0.05, 0.1) is 26.1 Å². The average molecular weight is 382 g/mol. The Labute approximate surface area is 154 Å². The molecule has 0 saturated carbocycles. The van der Waals surface area contributed by atoms with Crippen LogP contribution in [0.2, 0.25) is 0 Å². The van der Waals surface area contributed by atoms with Crippen molar-refractivity contribution in [1.29, 1.82) is 0 Å². The van der Waals surface area contributed by atoms with Gasteiger partial charge in [-0.15, -0.1) is 11.3 Å². The zero-order valence-corrected chi connectivity index (χ0v) is 15.2. The number of aromatic nitrogens is 4. The van der Waals surface area contributed by atoms with Gasteiger partial charge >= 0.3 is 0 Å². The average Bonchev–Trinajstić information content (AvgIpc) is 3.24. The van der Waals surface area contributed by atoms with E-state index in [1.807, 2.05) is 35.7 Å². The summed E-state index contributed by atoms with van der Waals surface area (Å²) in [7, 11) is 0. The van der Waals surface area contributed by atoms with E-state index in [9.17, 15) is 4.79 Å². The second kappa shape index (κ2) is 5.91. The molecule has 0 fully saturated rings. The molecule has 122 valence electrons. The van der Waals surface area contributed by atoms with Crippen LogP contribution < -0.4 is 5.56 Å². The number of benzene rings is 1. The van der Waals surface area contributed by atoms with Crippen LogP contribution in [0.15, 0.2) is 57.9 Å². The van der Waals surface area contributed by atoms with Gasteiger partial charge in [0.1, 0.15) is 11.4 Å². The second-order valence-corrected chi connectivity index (χ2v) is 8.27. The van der Waals surface area contributed by atoms with Crippen molar-refractivity contribution in [1.82, 2.24) is 19.4 Å². The number of thioether (sulfide) groups is 1. The standard InChI is InChI=1S/C17H10N4OS3/c22-14-7-10(8-24-16-15-11(5-6-23-15)18-9-19-16)20-17-21(14)12-3-1-2-4-13(12)25-17/h1-7,9H,8H2. The fourth-order valence-corrected chi connectivity index (χ4v) is 5.60. The molecule has 1 aromatic carbocycles. The topological polar surface area (TPSA) is 60.2 Å². The van der Waals surface area contributed by atoms with Crippen LogP contribution in [0.3, 0.4) is 0 Å². The maximum absolute atomic E-state index is 12.6. The molecule has 0 saturated heterocycles. The van der Waals surface area contributed by atoms with Gasteiger partial charge in [-0.2, -0.15) is 0 Å². The Morgan fingerprint density at radius 2 is 2.08 bits per heavy atom. The maximum Gasteiger partial charge on any atom is 0.259 e. The summed E-state index contributed by atoms with van der Waals surface area (Å²) < 4.78 is 3.82. The molecule has 25 heavy (non-hydrogen) atoms. The van der Waals surface area contributed by atoms with Crippen molar-refractivity contribution in [3.05, 3.63) is 64.2 Å². The lowest BCUT2D eigenvalue weighted by Gasteiger charge is -2.02. The number of para-hydroxylation sites is 1. The van der Waals surface area contributed by atoms with Crippen LogP contribution in [0.1, 0.15) is 5.69 Å². The molecule has 0 aliphatic carbocycles. The number of thiazole rings is 1. The van der Waals surface area contributed by atoms with E-state index in [2.05, 4.69) is 15.0 Å². The van der Waals surface area contributed by atoms with E-state index >= 15 is 0 Å². The van der Waals surface area contributed by atoms with Crippen molar-refractivity contribution in [3.8, 4) is 0 Å². The van der Waals surface area contributed by atoms with Crippen molar-refractivity contribution in [2.75, 3.05) is 0 Å². The van der Waals surface area contributed by atoms with Crippen molar-refractivity contribution in [2.24, 2.45) is 0 Å². The predicted octanol–water partition coefficient (Wildman–Crippen LogP) is 4.21. The molecule has 5 rings (SSSR count). The van der Waals surface area contributed by atoms with Crippen LogP contribution in [0.5, 0.6) is 0 Å². The van der Waals surface area contributed by atoms with Gasteiger partial charge in [0.15, 0.2) is 4.96 Å². The minimum Gasteiger partial charge on any atom is -0.269 e. The molecule has 0 N–H and O–H groups in total. The summed E-state index contributed by atoms with van der Waals surface area (Å²) >= 11 is 4.75. The lowest BCUT2D eigenvalue weighted by molar-refractivity contribution is 1.06. The fourth-order valence-electron chi connectivity index (χ4n) is 2.71. The summed E-state index contributed by atoms with van der Waals surface area (Å²) in [5.74, 6) is 0.601. The molecule has 0 amide bonds. The summed E-state index contributed by atoms with van der Waals surface area (Å²) in [5, 5.41) is 2.94. The van der Waals surface area contributed by atoms with Gasteiger partial charge in [0.2, 0.25) is 0 Å². The maximum atomic E-state index is 12.6. The second-order valence-electron chi connectivity index (χ2n) is 5.38. The number of nitrogens with zero attached hydrogens (tertiary/aromatic N) is 4. The molecule has 5 aromatic rings. The first-order valence-electron chi connectivity index (χ1n) is 7.51. The first kappa shape index (κ1) is 15.0. The molecule has 8 heteroatoms. The number of hydrogen-bond acceptors (Lipinski definition) is 7. The Morgan fingerprint density at radius 1 is 1.16 bits per heavy atom. The van der Waals surface area contributed by atoms with E-state index in [0.29, 0.717) is 5.75 Å². The number of thiophene rings is 1. The minimum atomic E-state index is -0.0398. The summed E-state index contributed by atoms with van der Waals surface area (Å²) in [6.45, 7) is 0. The first-order valence-corrected chi connectivity index (χ1v) is 10.2. The fraction of sp³-hybridized carbons (Fsp3) is 0.0588. The third kappa shape index (κ3) is 2.53. The monoisotopic (exact) mass is 382 g/mol. The molecule has 4 heterocycles. The molecular weight excluding hydrogens is 372 g/mol. The Bertz CT molecular complexity index is 1290. The highest BCUT2D eigenvalue weighted by molar-refractivity contribution is 7.98. The smallest absolute Gasteiger partial charge is 0.259 e. The van der Waals surface area contributed by atoms with Crippen LogP contribution in [0, 0.1) is 0 Å².